The summed E-state index contributed by atoms with van der Waals surface area (Å²) in [6.45, 7) is 0. The summed E-state index contributed by atoms with van der Waals surface area (Å²) in [5.41, 5.74) is 0. The maximum Gasteiger partial charge on any atom is 0.0839 e. The second kappa shape index (κ2) is 4.14. The average molecular weight is 86.1 g/mol. The molecule has 0 aliphatic heterocycles. The van der Waals surface area contributed by atoms with E-state index in [0.29, 0.717) is 0 Å². The van der Waals surface area contributed by atoms with Crippen LogP contribution in [0.5, 0.6) is 0 Å². The fraction of sp³-hybridized carbons (Fsp3) is 0.333. The van der Waals surface area contributed by atoms with Crippen molar-refractivity contribution in [1.82, 2.24) is 0 Å². The average Bonchev–Trinajstić information content (AvgIpc) is 1.61. The van der Waals surface area contributed by atoms with Gasteiger partial charge in [0.15, 0.2) is 0 Å². The molecule has 0 heterocycles. The first-order valence-corrected chi connectivity index (χ1v) is 1.50. The summed E-state index contributed by atoms with van der Waals surface area (Å²) in [6.07, 6.45) is 2.58. The van der Waals surface area contributed by atoms with Crippen LogP contribution in [-0.2, 0) is 0 Å². The van der Waals surface area contributed by atoms with Gasteiger partial charge in [-0.3, -0.25) is 4.99 Å². The Hall–Kier alpha value is -0.860. The first kappa shape index (κ1) is 5.14. The van der Waals surface area contributed by atoms with Crippen LogP contribution in [0.4, 0.5) is 0 Å². The highest BCUT2D eigenvalue weighted by atomic mass is 16.4. The molecule has 0 saturated carbocycles. The van der Waals surface area contributed by atoms with Gasteiger partial charge >= 0.3 is 0 Å². The molecule has 0 saturated heterocycles. The molecule has 34 valence electrons. The van der Waals surface area contributed by atoms with Crippen LogP contribution in [0.3, 0.4) is 0 Å². The minimum atomic E-state index is 1.19. The molecule has 0 spiro atoms. The molecule has 3 nitrogen and oxygen atoms in total. The van der Waals surface area contributed by atoms with Crippen LogP contribution in [0.2, 0.25) is 0 Å². The first-order valence-electron chi connectivity index (χ1n) is 1.50. The lowest BCUT2D eigenvalue weighted by Crippen LogP contribution is -1.70. The highest BCUT2D eigenvalue weighted by molar-refractivity contribution is 6.15. The van der Waals surface area contributed by atoms with Crippen molar-refractivity contribution in [3.63, 3.8) is 0 Å². The van der Waals surface area contributed by atoms with Gasteiger partial charge < -0.3 is 5.21 Å². The Balaban J connectivity index is 3.07. The minimum absolute atomic E-state index is 1.19. The number of hydrogen-bond donors (Lipinski definition) is 1. The van der Waals surface area contributed by atoms with E-state index in [1.165, 1.54) is 12.4 Å². The molecule has 0 unspecified atom stereocenters. The molecule has 0 aromatic heterocycles. The van der Waals surface area contributed by atoms with Crippen molar-refractivity contribution in [3.05, 3.63) is 0 Å². The van der Waals surface area contributed by atoms with Crippen LogP contribution in [0, 0.1) is 0 Å². The van der Waals surface area contributed by atoms with Gasteiger partial charge in [-0.15, -0.1) is 0 Å². The highest BCUT2D eigenvalue weighted by Crippen LogP contribution is 1.46. The number of nitrogens with zero attached hydrogens (tertiary/aromatic N) is 2. The van der Waals surface area contributed by atoms with Crippen molar-refractivity contribution in [2.75, 3.05) is 7.05 Å². The van der Waals surface area contributed by atoms with Crippen molar-refractivity contribution in [2.45, 2.75) is 0 Å². The summed E-state index contributed by atoms with van der Waals surface area (Å²) in [5, 5.41) is 10.3. The number of aliphatic imine (C=N–C) groups is 1. The molecule has 0 amide bonds. The summed E-state index contributed by atoms with van der Waals surface area (Å²) in [5.74, 6) is 0. The molecule has 0 fully saturated rings. The summed E-state index contributed by atoms with van der Waals surface area (Å²) < 4.78 is 0. The predicted octanol–water partition coefficient (Wildman–Crippen LogP) is 0.147. The van der Waals surface area contributed by atoms with Crippen molar-refractivity contribution < 1.29 is 5.21 Å². The van der Waals surface area contributed by atoms with Gasteiger partial charge in [0.2, 0.25) is 0 Å². The van der Waals surface area contributed by atoms with Crippen LogP contribution < -0.4 is 0 Å². The molecule has 0 bridgehead atoms. The molecule has 6 heavy (non-hydrogen) atoms. The van der Waals surface area contributed by atoms with E-state index in [2.05, 4.69) is 10.1 Å². The number of rotatable bonds is 1. The largest absolute Gasteiger partial charge is 0.411 e. The van der Waals surface area contributed by atoms with Crippen molar-refractivity contribution in [1.29, 1.82) is 0 Å². The molecule has 0 aliphatic rings. The van der Waals surface area contributed by atoms with Crippen molar-refractivity contribution >= 4 is 12.4 Å². The normalized spacial score (nSPS) is 11.5. The minimum Gasteiger partial charge on any atom is -0.411 e. The summed E-state index contributed by atoms with van der Waals surface area (Å²) >= 11 is 0. The lowest BCUT2D eigenvalue weighted by atomic mass is 10.8. The SMILES string of the molecule is CN=C/C=N/O. The number of oxime groups is 1. The monoisotopic (exact) mass is 86.0 g/mol. The summed E-state index contributed by atoms with van der Waals surface area (Å²) in [7, 11) is 1.60. The topological polar surface area (TPSA) is 45.0 Å². The maximum absolute atomic E-state index is 7.68. The quantitative estimate of drug-likeness (QED) is 0.275. The van der Waals surface area contributed by atoms with Gasteiger partial charge in [0.1, 0.15) is 0 Å². The molecule has 0 radical (unpaired) electrons. The Labute approximate surface area is 36.0 Å². The van der Waals surface area contributed by atoms with Crippen LogP contribution in [-0.4, -0.2) is 24.7 Å². The van der Waals surface area contributed by atoms with E-state index in [0.717, 1.165) is 0 Å². The van der Waals surface area contributed by atoms with E-state index < -0.39 is 0 Å². The Morgan fingerprint density at radius 3 is 2.33 bits per heavy atom. The second-order valence-electron chi connectivity index (χ2n) is 0.672. The molecular formula is C3H6N2O. The summed E-state index contributed by atoms with van der Waals surface area (Å²) in [4.78, 5) is 3.49. The first-order chi connectivity index (χ1) is 2.91. The van der Waals surface area contributed by atoms with E-state index in [1.807, 2.05) is 0 Å². The molecule has 3 heteroatoms. The molecule has 0 aromatic rings. The highest BCUT2D eigenvalue weighted by Gasteiger charge is 1.52. The predicted molar refractivity (Wildman–Crippen MR) is 24.7 cm³/mol. The third-order valence-corrected chi connectivity index (χ3v) is 0.282. The van der Waals surface area contributed by atoms with E-state index >= 15 is 0 Å². The molecule has 0 aromatic carbocycles. The van der Waals surface area contributed by atoms with Crippen molar-refractivity contribution in [3.8, 4) is 0 Å². The van der Waals surface area contributed by atoms with Gasteiger partial charge in [-0.05, 0) is 0 Å². The molecular weight excluding hydrogens is 80.0 g/mol. The van der Waals surface area contributed by atoms with Crippen LogP contribution in [0.1, 0.15) is 0 Å². The van der Waals surface area contributed by atoms with Gasteiger partial charge in [-0.25, -0.2) is 0 Å². The Morgan fingerprint density at radius 2 is 2.17 bits per heavy atom. The zero-order valence-corrected chi connectivity index (χ0v) is 3.50. The zero-order chi connectivity index (χ0) is 4.83. The zero-order valence-electron chi connectivity index (χ0n) is 3.50. The maximum atomic E-state index is 7.68. The van der Waals surface area contributed by atoms with E-state index in [9.17, 15) is 0 Å². The molecule has 1 N–H and O–H groups in total. The Bertz CT molecular complexity index is 57.2. The fourth-order valence-corrected chi connectivity index (χ4v) is 0.0965. The number of hydrogen-bond acceptors (Lipinski definition) is 3. The second-order valence-corrected chi connectivity index (χ2v) is 0.672. The molecule has 0 aliphatic carbocycles. The van der Waals surface area contributed by atoms with Gasteiger partial charge in [0.05, 0.1) is 6.21 Å². The Morgan fingerprint density at radius 1 is 1.50 bits per heavy atom. The van der Waals surface area contributed by atoms with Gasteiger partial charge in [-0.1, -0.05) is 5.16 Å². The summed E-state index contributed by atoms with van der Waals surface area (Å²) in [6, 6.07) is 0. The van der Waals surface area contributed by atoms with Crippen LogP contribution in [0.15, 0.2) is 10.1 Å². The van der Waals surface area contributed by atoms with E-state index in [1.54, 1.807) is 7.05 Å². The van der Waals surface area contributed by atoms with Crippen LogP contribution >= 0.6 is 0 Å². The van der Waals surface area contributed by atoms with Gasteiger partial charge in [-0.2, -0.15) is 0 Å². The van der Waals surface area contributed by atoms with Gasteiger partial charge in [0.25, 0.3) is 0 Å². The fourth-order valence-electron chi connectivity index (χ4n) is 0.0965. The smallest absolute Gasteiger partial charge is 0.0839 e. The molecule has 0 atom stereocenters. The standard InChI is InChI=1S/C3H6N2O/c1-4-2-3-5-6/h2-3,6H,1H3/b4-2?,5-3+. The lowest BCUT2D eigenvalue weighted by Gasteiger charge is -1.63. The third kappa shape index (κ3) is 3.14. The lowest BCUT2D eigenvalue weighted by molar-refractivity contribution is 0.322. The Kier molecular flexibility index (Phi) is 3.55. The van der Waals surface area contributed by atoms with Gasteiger partial charge in [0, 0.05) is 13.3 Å². The molecule has 0 rings (SSSR count). The van der Waals surface area contributed by atoms with Crippen molar-refractivity contribution in [2.24, 2.45) is 10.1 Å². The third-order valence-electron chi connectivity index (χ3n) is 0.282. The van der Waals surface area contributed by atoms with Crippen LogP contribution in [0.25, 0.3) is 0 Å². The van der Waals surface area contributed by atoms with E-state index in [4.69, 9.17) is 5.21 Å². The van der Waals surface area contributed by atoms with E-state index in [-0.39, 0.29) is 0 Å².